The third kappa shape index (κ3) is 3.08. The molecule has 108 valence electrons. The van der Waals surface area contributed by atoms with Gasteiger partial charge in [0.15, 0.2) is 0 Å². The Balaban J connectivity index is 2.02. The lowest BCUT2D eigenvalue weighted by Gasteiger charge is -2.23. The molecule has 1 saturated heterocycles. The second-order valence-corrected chi connectivity index (χ2v) is 4.83. The summed E-state index contributed by atoms with van der Waals surface area (Å²) < 4.78 is 5.26. The van der Waals surface area contributed by atoms with Crippen LogP contribution in [0, 0.1) is 0 Å². The van der Waals surface area contributed by atoms with Crippen LogP contribution in [0.1, 0.15) is 25.0 Å². The van der Waals surface area contributed by atoms with Gasteiger partial charge in [0.1, 0.15) is 12.1 Å². The Morgan fingerprint density at radius 1 is 1.35 bits per heavy atom. The highest BCUT2D eigenvalue weighted by Gasteiger charge is 2.40. The van der Waals surface area contributed by atoms with Gasteiger partial charge in [-0.25, -0.2) is 9.59 Å². The normalized spacial score (nSPS) is 23.4. The molecule has 0 spiro atoms. The van der Waals surface area contributed by atoms with Gasteiger partial charge in [-0.2, -0.15) is 0 Å². The van der Waals surface area contributed by atoms with Gasteiger partial charge in [0.25, 0.3) is 0 Å². The molecule has 0 radical (unpaired) electrons. The molecule has 6 heteroatoms. The van der Waals surface area contributed by atoms with E-state index in [-0.39, 0.29) is 13.0 Å². The number of likely N-dealkylation sites (tertiary alicyclic amines) is 1. The molecule has 3 atom stereocenters. The Labute approximate surface area is 116 Å². The molecule has 20 heavy (non-hydrogen) atoms. The van der Waals surface area contributed by atoms with Crippen LogP contribution in [0.5, 0.6) is 0 Å². The fraction of sp³-hybridized carbons (Fsp3) is 0.429. The third-order valence-electron chi connectivity index (χ3n) is 3.35. The monoisotopic (exact) mass is 279 g/mol. The molecule has 1 aliphatic heterocycles. The summed E-state index contributed by atoms with van der Waals surface area (Å²) in [6, 6.07) is 8.14. The minimum atomic E-state index is -1.13. The average molecular weight is 279 g/mol. The first kappa shape index (κ1) is 14.3. The van der Waals surface area contributed by atoms with Crippen LogP contribution >= 0.6 is 0 Å². The standard InChI is InChI=1S/C14H17NO5/c1-9(10-5-3-2-4-6-10)20-14(19)15-8-11(16)7-12(15)13(17)18/h2-6,9,11-12,16H,7-8H2,1H3,(H,17,18)/t9?,11-,12+/m1/s1. The van der Waals surface area contributed by atoms with Crippen molar-refractivity contribution in [1.82, 2.24) is 4.90 Å². The van der Waals surface area contributed by atoms with Crippen LogP contribution in [0.2, 0.25) is 0 Å². The fourth-order valence-electron chi connectivity index (χ4n) is 2.26. The van der Waals surface area contributed by atoms with Crippen molar-refractivity contribution in [3.05, 3.63) is 35.9 Å². The third-order valence-corrected chi connectivity index (χ3v) is 3.35. The number of aliphatic hydroxyl groups excluding tert-OH is 1. The molecule has 1 unspecified atom stereocenters. The predicted octanol–water partition coefficient (Wildman–Crippen LogP) is 1.40. The van der Waals surface area contributed by atoms with Gasteiger partial charge in [-0.05, 0) is 12.5 Å². The van der Waals surface area contributed by atoms with Crippen molar-refractivity contribution in [3.63, 3.8) is 0 Å². The lowest BCUT2D eigenvalue weighted by molar-refractivity contribution is -0.141. The van der Waals surface area contributed by atoms with Crippen LogP contribution in [-0.2, 0) is 9.53 Å². The summed E-state index contributed by atoms with van der Waals surface area (Å²) in [5.74, 6) is -1.13. The number of carboxylic acid groups (broad SMARTS) is 1. The zero-order chi connectivity index (χ0) is 14.7. The number of rotatable bonds is 3. The van der Waals surface area contributed by atoms with Crippen LogP contribution in [-0.4, -0.2) is 45.9 Å². The van der Waals surface area contributed by atoms with Crippen LogP contribution in [0.25, 0.3) is 0 Å². The highest BCUT2D eigenvalue weighted by Crippen LogP contribution is 2.23. The molecule has 0 aromatic heterocycles. The van der Waals surface area contributed by atoms with E-state index in [9.17, 15) is 14.7 Å². The lowest BCUT2D eigenvalue weighted by Crippen LogP contribution is -2.41. The molecular formula is C14H17NO5. The number of hydrogen-bond acceptors (Lipinski definition) is 4. The van der Waals surface area contributed by atoms with E-state index in [0.717, 1.165) is 10.5 Å². The number of aliphatic carboxylic acids is 1. The second kappa shape index (κ2) is 5.92. The molecule has 1 aromatic carbocycles. The van der Waals surface area contributed by atoms with Crippen LogP contribution in [0.15, 0.2) is 30.3 Å². The van der Waals surface area contributed by atoms with E-state index < -0.39 is 30.3 Å². The van der Waals surface area contributed by atoms with Gasteiger partial charge in [-0.15, -0.1) is 0 Å². The van der Waals surface area contributed by atoms with E-state index in [1.54, 1.807) is 6.92 Å². The maximum absolute atomic E-state index is 12.0. The summed E-state index contributed by atoms with van der Waals surface area (Å²) in [5.41, 5.74) is 0.826. The minimum Gasteiger partial charge on any atom is -0.480 e. The number of carbonyl (C=O) groups excluding carboxylic acids is 1. The Morgan fingerprint density at radius 2 is 2.00 bits per heavy atom. The summed E-state index contributed by atoms with van der Waals surface area (Å²) in [4.78, 5) is 24.1. The van der Waals surface area contributed by atoms with Crippen LogP contribution < -0.4 is 0 Å². The van der Waals surface area contributed by atoms with Gasteiger partial charge in [0.05, 0.1) is 12.6 Å². The number of amides is 1. The quantitative estimate of drug-likeness (QED) is 0.873. The zero-order valence-electron chi connectivity index (χ0n) is 11.1. The van der Waals surface area contributed by atoms with Crippen molar-refractivity contribution in [2.24, 2.45) is 0 Å². The van der Waals surface area contributed by atoms with Crippen molar-refractivity contribution in [2.75, 3.05) is 6.54 Å². The Hall–Kier alpha value is -2.08. The first-order valence-corrected chi connectivity index (χ1v) is 6.42. The molecule has 0 bridgehead atoms. The molecule has 0 saturated carbocycles. The maximum atomic E-state index is 12.0. The number of aliphatic hydroxyl groups is 1. The molecule has 2 N–H and O–H groups in total. The first-order valence-electron chi connectivity index (χ1n) is 6.42. The Bertz CT molecular complexity index is 490. The van der Waals surface area contributed by atoms with E-state index in [1.165, 1.54) is 0 Å². The number of ether oxygens (including phenoxy) is 1. The van der Waals surface area contributed by atoms with Gasteiger partial charge in [0, 0.05) is 6.42 Å². The van der Waals surface area contributed by atoms with Gasteiger partial charge in [0.2, 0.25) is 0 Å². The smallest absolute Gasteiger partial charge is 0.411 e. The van der Waals surface area contributed by atoms with Gasteiger partial charge < -0.3 is 14.9 Å². The number of β-amino-alcohol motifs (C(OH)–C–C–N with tert-alkyl or cyclic N) is 1. The van der Waals surface area contributed by atoms with E-state index in [2.05, 4.69) is 0 Å². The highest BCUT2D eigenvalue weighted by molar-refractivity contribution is 5.81. The molecule has 1 amide bonds. The first-order chi connectivity index (χ1) is 9.49. The predicted molar refractivity (Wildman–Crippen MR) is 70.1 cm³/mol. The van der Waals surface area contributed by atoms with Gasteiger partial charge in [-0.3, -0.25) is 4.90 Å². The summed E-state index contributed by atoms with van der Waals surface area (Å²) in [5, 5.41) is 18.5. The van der Waals surface area contributed by atoms with E-state index in [4.69, 9.17) is 9.84 Å². The molecular weight excluding hydrogens is 262 g/mol. The SMILES string of the molecule is CC(OC(=O)N1C[C@H](O)C[C@H]1C(=O)O)c1ccccc1. The van der Waals surface area contributed by atoms with Crippen molar-refractivity contribution in [2.45, 2.75) is 31.6 Å². The van der Waals surface area contributed by atoms with Crippen molar-refractivity contribution in [1.29, 1.82) is 0 Å². The van der Waals surface area contributed by atoms with Gasteiger partial charge in [-0.1, -0.05) is 30.3 Å². The molecule has 1 fully saturated rings. The van der Waals surface area contributed by atoms with Crippen LogP contribution in [0.3, 0.4) is 0 Å². The molecule has 0 aliphatic carbocycles. The lowest BCUT2D eigenvalue weighted by atomic mass is 10.1. The zero-order valence-corrected chi connectivity index (χ0v) is 11.1. The summed E-state index contributed by atoms with van der Waals surface area (Å²) >= 11 is 0. The van der Waals surface area contributed by atoms with Crippen LogP contribution in [0.4, 0.5) is 4.79 Å². The highest BCUT2D eigenvalue weighted by atomic mass is 16.6. The second-order valence-electron chi connectivity index (χ2n) is 4.83. The number of carboxylic acids is 1. The Kier molecular flexibility index (Phi) is 4.24. The molecule has 1 aromatic rings. The average Bonchev–Trinajstić information content (AvgIpc) is 2.82. The fourth-order valence-corrected chi connectivity index (χ4v) is 2.26. The summed E-state index contributed by atoms with van der Waals surface area (Å²) in [6.45, 7) is 1.70. The summed E-state index contributed by atoms with van der Waals surface area (Å²) in [7, 11) is 0. The molecule has 1 aliphatic rings. The maximum Gasteiger partial charge on any atom is 0.411 e. The number of benzene rings is 1. The van der Waals surface area contributed by atoms with Crippen molar-refractivity contribution in [3.8, 4) is 0 Å². The van der Waals surface area contributed by atoms with E-state index >= 15 is 0 Å². The summed E-state index contributed by atoms with van der Waals surface area (Å²) in [6.07, 6.45) is -1.98. The van der Waals surface area contributed by atoms with E-state index in [0.29, 0.717) is 0 Å². The van der Waals surface area contributed by atoms with Gasteiger partial charge >= 0.3 is 12.1 Å². The topological polar surface area (TPSA) is 87.1 Å². The largest absolute Gasteiger partial charge is 0.480 e. The number of carbonyl (C=O) groups is 2. The number of hydrogen-bond donors (Lipinski definition) is 2. The molecule has 2 rings (SSSR count). The number of nitrogens with zero attached hydrogens (tertiary/aromatic N) is 1. The minimum absolute atomic E-state index is 0.0166. The molecule has 1 heterocycles. The van der Waals surface area contributed by atoms with Crippen molar-refractivity contribution >= 4 is 12.1 Å². The van der Waals surface area contributed by atoms with Crippen molar-refractivity contribution < 1.29 is 24.5 Å². The van der Waals surface area contributed by atoms with E-state index in [1.807, 2.05) is 30.3 Å². The Morgan fingerprint density at radius 3 is 2.60 bits per heavy atom. The molecule has 6 nitrogen and oxygen atoms in total.